The van der Waals surface area contributed by atoms with Gasteiger partial charge >= 0.3 is 5.69 Å². The molecule has 1 aliphatic heterocycles. The molecule has 1 saturated heterocycles. The van der Waals surface area contributed by atoms with Crippen molar-refractivity contribution in [3.05, 3.63) is 68.4 Å². The molecule has 2 fully saturated rings. The molecule has 1 aromatic carbocycles. The number of ether oxygens (including phenoxy) is 2. The molecule has 184 valence electrons. The fourth-order valence-electron chi connectivity index (χ4n) is 4.95. The summed E-state index contributed by atoms with van der Waals surface area (Å²) in [6.45, 7) is 1.81. The molecule has 0 unspecified atom stereocenters. The minimum atomic E-state index is -0.694. The number of pyridine rings is 1. The van der Waals surface area contributed by atoms with E-state index in [2.05, 4.69) is 10.1 Å². The van der Waals surface area contributed by atoms with Gasteiger partial charge in [0.25, 0.3) is 17.5 Å². The number of hydrazone groups is 1. The summed E-state index contributed by atoms with van der Waals surface area (Å²) in [5, 5.41) is 27.6. The molecule has 13 heteroatoms. The van der Waals surface area contributed by atoms with Crippen LogP contribution in [-0.2, 0) is 9.59 Å². The van der Waals surface area contributed by atoms with Crippen molar-refractivity contribution in [3.63, 3.8) is 0 Å². The van der Waals surface area contributed by atoms with E-state index in [0.717, 1.165) is 29.8 Å². The lowest BCUT2D eigenvalue weighted by molar-refractivity contribution is -0.385. The molecule has 2 amide bonds. The Morgan fingerprint density at radius 3 is 2.36 bits per heavy atom. The van der Waals surface area contributed by atoms with Crippen LogP contribution in [0.4, 0.5) is 11.4 Å². The van der Waals surface area contributed by atoms with Gasteiger partial charge in [-0.1, -0.05) is 12.2 Å². The Balaban J connectivity index is 1.44. The van der Waals surface area contributed by atoms with E-state index in [1.165, 1.54) is 18.3 Å². The third kappa shape index (κ3) is 3.83. The highest BCUT2D eigenvalue weighted by Gasteiger charge is 2.59. The monoisotopic (exact) mass is 493 g/mol. The zero-order chi connectivity index (χ0) is 25.6. The molecule has 3 aliphatic rings. The highest BCUT2D eigenvalue weighted by molar-refractivity contribution is 6.06. The number of nitro benzene ring substituents is 1. The van der Waals surface area contributed by atoms with Gasteiger partial charge in [-0.15, -0.1) is 0 Å². The minimum Gasteiger partial charge on any atom is -0.490 e. The Bertz CT molecular complexity index is 1310. The molecule has 5 rings (SSSR count). The maximum Gasteiger partial charge on any atom is 0.316 e. The van der Waals surface area contributed by atoms with Gasteiger partial charge in [0.05, 0.1) is 34.5 Å². The maximum atomic E-state index is 12.8. The summed E-state index contributed by atoms with van der Waals surface area (Å²) in [4.78, 5) is 50.8. The van der Waals surface area contributed by atoms with Gasteiger partial charge in [-0.05, 0) is 31.2 Å². The Labute approximate surface area is 203 Å². The van der Waals surface area contributed by atoms with E-state index in [1.807, 2.05) is 12.2 Å². The van der Waals surface area contributed by atoms with Crippen LogP contribution in [0.2, 0.25) is 0 Å². The standard InChI is InChI=1S/C23H19N5O8/c1-2-35-17-8-12(10-25-26-22(29)19-13-3-4-14(9-13)20(19)23(26)30)7-16(28(33)34)21(17)36-18-6-5-15(11-24-18)27(31)32/h3-8,10-11,13-14,19-20H,2,9H2,1H3/t13-,14-,19-,20+/m0/s1. The molecule has 0 spiro atoms. The number of nitro groups is 2. The molecule has 2 bridgehead atoms. The second-order valence-electron chi connectivity index (χ2n) is 8.50. The number of aromatic nitrogens is 1. The third-order valence-electron chi connectivity index (χ3n) is 6.46. The molecular formula is C23H19N5O8. The maximum absolute atomic E-state index is 12.8. The number of imide groups is 1. The number of benzene rings is 1. The van der Waals surface area contributed by atoms with Crippen LogP contribution >= 0.6 is 0 Å². The summed E-state index contributed by atoms with van der Waals surface area (Å²) >= 11 is 0. The number of hydrogen-bond acceptors (Lipinski definition) is 10. The van der Waals surface area contributed by atoms with Gasteiger partial charge in [-0.3, -0.25) is 29.8 Å². The number of hydrogen-bond donors (Lipinski definition) is 0. The highest BCUT2D eigenvalue weighted by atomic mass is 16.6. The van der Waals surface area contributed by atoms with Crippen LogP contribution in [0.3, 0.4) is 0 Å². The first kappa shape index (κ1) is 23.1. The topological polar surface area (TPSA) is 167 Å². The Kier molecular flexibility index (Phi) is 5.66. The highest BCUT2D eigenvalue weighted by Crippen LogP contribution is 2.52. The van der Waals surface area contributed by atoms with E-state index in [9.17, 15) is 29.8 Å². The van der Waals surface area contributed by atoms with Crippen molar-refractivity contribution in [1.82, 2.24) is 9.99 Å². The molecular weight excluding hydrogens is 474 g/mol. The Hall–Kier alpha value is -4.68. The Morgan fingerprint density at radius 2 is 1.81 bits per heavy atom. The predicted octanol–water partition coefficient (Wildman–Crippen LogP) is 3.23. The quantitative estimate of drug-likeness (QED) is 0.176. The van der Waals surface area contributed by atoms with E-state index in [-0.39, 0.29) is 58.9 Å². The van der Waals surface area contributed by atoms with Gasteiger partial charge in [-0.25, -0.2) is 4.98 Å². The SMILES string of the molecule is CCOc1cc(C=NN2C(=O)[C@@H]3[C@H](C2=O)[C@H]2C=C[C@H]3C2)cc([N+](=O)[O-])c1Oc1ccc([N+](=O)[O-])cn1. The molecule has 13 nitrogen and oxygen atoms in total. The summed E-state index contributed by atoms with van der Waals surface area (Å²) in [5.41, 5.74) is -0.555. The van der Waals surface area contributed by atoms with E-state index in [1.54, 1.807) is 6.92 Å². The van der Waals surface area contributed by atoms with Crippen LogP contribution in [0.15, 0.2) is 47.7 Å². The van der Waals surface area contributed by atoms with Crippen LogP contribution in [0.25, 0.3) is 0 Å². The smallest absolute Gasteiger partial charge is 0.316 e. The van der Waals surface area contributed by atoms with Crippen LogP contribution < -0.4 is 9.47 Å². The molecule has 1 saturated carbocycles. The van der Waals surface area contributed by atoms with Crippen molar-refractivity contribution in [2.24, 2.45) is 28.8 Å². The molecule has 0 N–H and O–H groups in total. The lowest BCUT2D eigenvalue weighted by atomic mass is 9.85. The lowest BCUT2D eigenvalue weighted by Gasteiger charge is -2.13. The first-order chi connectivity index (χ1) is 17.3. The lowest BCUT2D eigenvalue weighted by Crippen LogP contribution is -2.28. The number of rotatable bonds is 8. The fourth-order valence-corrected chi connectivity index (χ4v) is 4.95. The van der Waals surface area contributed by atoms with Gasteiger partial charge in [0.15, 0.2) is 5.75 Å². The average molecular weight is 493 g/mol. The van der Waals surface area contributed by atoms with Crippen LogP contribution in [-0.4, -0.2) is 44.5 Å². The van der Waals surface area contributed by atoms with Gasteiger partial charge in [0.2, 0.25) is 11.6 Å². The molecule has 2 heterocycles. The normalized spacial score (nSPS) is 24.0. The number of carbonyl (C=O) groups is 2. The van der Waals surface area contributed by atoms with Crippen molar-refractivity contribution in [2.75, 3.05) is 6.61 Å². The Morgan fingerprint density at radius 1 is 1.11 bits per heavy atom. The number of nitrogens with zero attached hydrogens (tertiary/aromatic N) is 5. The molecule has 4 atom stereocenters. The van der Waals surface area contributed by atoms with Crippen molar-refractivity contribution in [2.45, 2.75) is 13.3 Å². The first-order valence-corrected chi connectivity index (χ1v) is 11.1. The summed E-state index contributed by atoms with van der Waals surface area (Å²) in [6.07, 6.45) is 6.89. The van der Waals surface area contributed by atoms with Crippen LogP contribution in [0.1, 0.15) is 18.9 Å². The van der Waals surface area contributed by atoms with Crippen molar-refractivity contribution in [3.8, 4) is 17.4 Å². The average Bonchev–Trinajstić information content (AvgIpc) is 3.53. The number of allylic oxidation sites excluding steroid dienone is 2. The van der Waals surface area contributed by atoms with Gasteiger partial charge < -0.3 is 9.47 Å². The molecule has 2 aromatic rings. The van der Waals surface area contributed by atoms with E-state index >= 15 is 0 Å². The van der Waals surface area contributed by atoms with Crippen LogP contribution in [0.5, 0.6) is 17.4 Å². The van der Waals surface area contributed by atoms with Crippen LogP contribution in [0, 0.1) is 43.9 Å². The van der Waals surface area contributed by atoms with E-state index in [0.29, 0.717) is 0 Å². The number of carbonyl (C=O) groups excluding carboxylic acids is 2. The second-order valence-corrected chi connectivity index (χ2v) is 8.50. The third-order valence-corrected chi connectivity index (χ3v) is 6.46. The zero-order valence-corrected chi connectivity index (χ0v) is 18.8. The number of amides is 2. The fraction of sp³-hybridized carbons (Fsp3) is 0.304. The van der Waals surface area contributed by atoms with E-state index in [4.69, 9.17) is 9.47 Å². The predicted molar refractivity (Wildman–Crippen MR) is 122 cm³/mol. The van der Waals surface area contributed by atoms with Gasteiger partial charge in [0.1, 0.15) is 6.20 Å². The summed E-state index contributed by atoms with van der Waals surface area (Å²) in [7, 11) is 0. The van der Waals surface area contributed by atoms with Crippen molar-refractivity contribution < 1.29 is 28.9 Å². The van der Waals surface area contributed by atoms with Crippen molar-refractivity contribution in [1.29, 1.82) is 0 Å². The zero-order valence-electron chi connectivity index (χ0n) is 18.8. The first-order valence-electron chi connectivity index (χ1n) is 11.1. The van der Waals surface area contributed by atoms with Crippen molar-refractivity contribution >= 4 is 29.4 Å². The summed E-state index contributed by atoms with van der Waals surface area (Å²) in [5.74, 6) is -1.89. The van der Waals surface area contributed by atoms with Gasteiger partial charge in [0, 0.05) is 23.8 Å². The van der Waals surface area contributed by atoms with E-state index < -0.39 is 27.4 Å². The molecule has 2 aliphatic carbocycles. The molecule has 0 radical (unpaired) electrons. The molecule has 36 heavy (non-hydrogen) atoms. The minimum absolute atomic E-state index is 0.00788. The largest absolute Gasteiger partial charge is 0.490 e. The number of fused-ring (bicyclic) bond motifs is 5. The van der Waals surface area contributed by atoms with Gasteiger partial charge in [-0.2, -0.15) is 10.1 Å². The second kappa shape index (κ2) is 8.83. The molecule has 1 aromatic heterocycles. The summed E-state index contributed by atoms with van der Waals surface area (Å²) < 4.78 is 11.1. The summed E-state index contributed by atoms with van der Waals surface area (Å²) in [6, 6.07) is 4.93.